The average Bonchev–Trinajstić information content (AvgIpc) is 3.40. The first-order chi connectivity index (χ1) is 13.5. The lowest BCUT2D eigenvalue weighted by Gasteiger charge is -2.18. The smallest absolute Gasteiger partial charge is 0.414 e. The molecule has 3 heterocycles. The molecule has 0 aliphatic carbocycles. The second kappa shape index (κ2) is 8.96. The third-order valence-electron chi connectivity index (χ3n) is 4.71. The van der Waals surface area contributed by atoms with Gasteiger partial charge in [0.1, 0.15) is 6.10 Å². The van der Waals surface area contributed by atoms with Crippen molar-refractivity contribution in [2.75, 3.05) is 29.4 Å². The number of amides is 3. The first-order valence-corrected chi connectivity index (χ1v) is 10.5. The summed E-state index contributed by atoms with van der Waals surface area (Å²) in [7, 11) is 0. The lowest BCUT2D eigenvalue weighted by atomic mass is 10.2. The third-order valence-corrected chi connectivity index (χ3v) is 6.33. The highest BCUT2D eigenvalue weighted by Crippen LogP contribution is 2.27. The summed E-state index contributed by atoms with van der Waals surface area (Å²) in [5, 5.41) is 2.80. The Morgan fingerprint density at radius 3 is 2.41 bits per heavy atom. The molecule has 2 saturated heterocycles. The quantitative estimate of drug-likeness (QED) is 0.701. The lowest BCUT2D eigenvalue weighted by Crippen LogP contribution is -2.34. The largest absolute Gasteiger partial charge is 0.442 e. The van der Waals surface area contributed by atoms with Crippen molar-refractivity contribution in [2.45, 2.75) is 26.4 Å². The Morgan fingerprint density at radius 1 is 1.14 bits per heavy atom. The van der Waals surface area contributed by atoms with Gasteiger partial charge >= 0.3 is 6.09 Å². The van der Waals surface area contributed by atoms with Gasteiger partial charge in [-0.25, -0.2) is 4.79 Å². The minimum Gasteiger partial charge on any atom is -0.442 e. The SMILES string of the molecule is C.O=C(NC[C@H]1CN(c2ccc(N3CCCC3=O)cc2)C(=O)O1)c1ccc(Br)s1. The van der Waals surface area contributed by atoms with Crippen molar-refractivity contribution < 1.29 is 19.1 Å². The van der Waals surface area contributed by atoms with Crippen molar-refractivity contribution in [3.63, 3.8) is 0 Å². The van der Waals surface area contributed by atoms with E-state index in [1.54, 1.807) is 11.0 Å². The van der Waals surface area contributed by atoms with Gasteiger partial charge in [0.15, 0.2) is 0 Å². The van der Waals surface area contributed by atoms with E-state index in [1.165, 1.54) is 16.2 Å². The summed E-state index contributed by atoms with van der Waals surface area (Å²) in [6, 6.07) is 10.9. The zero-order valence-electron chi connectivity index (χ0n) is 14.9. The van der Waals surface area contributed by atoms with E-state index in [-0.39, 0.29) is 25.8 Å². The Hall–Kier alpha value is -2.39. The molecule has 2 aliphatic rings. The number of ether oxygens (including phenoxy) is 1. The first-order valence-electron chi connectivity index (χ1n) is 8.93. The van der Waals surface area contributed by atoms with Gasteiger partial charge < -0.3 is 15.0 Å². The molecule has 0 spiro atoms. The van der Waals surface area contributed by atoms with E-state index in [0.29, 0.717) is 23.5 Å². The predicted molar refractivity (Wildman–Crippen MR) is 117 cm³/mol. The van der Waals surface area contributed by atoms with E-state index in [4.69, 9.17) is 4.74 Å². The van der Waals surface area contributed by atoms with Gasteiger partial charge in [-0.3, -0.25) is 14.5 Å². The van der Waals surface area contributed by atoms with E-state index in [9.17, 15) is 14.4 Å². The summed E-state index contributed by atoms with van der Waals surface area (Å²) in [4.78, 5) is 40.1. The van der Waals surface area contributed by atoms with Gasteiger partial charge in [0.25, 0.3) is 5.91 Å². The van der Waals surface area contributed by atoms with E-state index < -0.39 is 12.2 Å². The fourth-order valence-electron chi connectivity index (χ4n) is 3.30. The Bertz CT molecular complexity index is 915. The third kappa shape index (κ3) is 4.62. The molecule has 154 valence electrons. The molecule has 1 N–H and O–H groups in total. The summed E-state index contributed by atoms with van der Waals surface area (Å²) in [6.07, 6.45) is 0.591. The molecule has 0 saturated carbocycles. The zero-order valence-corrected chi connectivity index (χ0v) is 17.3. The van der Waals surface area contributed by atoms with Crippen molar-refractivity contribution in [3.05, 3.63) is 45.1 Å². The Kier molecular flexibility index (Phi) is 6.59. The topological polar surface area (TPSA) is 79.0 Å². The summed E-state index contributed by atoms with van der Waals surface area (Å²) < 4.78 is 6.25. The van der Waals surface area contributed by atoms with Gasteiger partial charge in [0, 0.05) is 24.3 Å². The maximum absolute atomic E-state index is 12.2. The van der Waals surface area contributed by atoms with Crippen molar-refractivity contribution in [2.24, 2.45) is 0 Å². The number of cyclic esters (lactones) is 1. The molecule has 0 bridgehead atoms. The molecule has 4 rings (SSSR count). The molecule has 3 amide bonds. The zero-order chi connectivity index (χ0) is 19.7. The van der Waals surface area contributed by atoms with E-state index in [0.717, 1.165) is 22.4 Å². The number of hydrogen-bond donors (Lipinski definition) is 1. The van der Waals surface area contributed by atoms with Crippen LogP contribution in [0.1, 0.15) is 29.9 Å². The number of halogens is 1. The molecule has 2 fully saturated rings. The number of rotatable bonds is 5. The number of benzene rings is 1. The Labute approximate surface area is 181 Å². The number of anilines is 2. The molecule has 0 unspecified atom stereocenters. The lowest BCUT2D eigenvalue weighted by molar-refractivity contribution is -0.117. The minimum absolute atomic E-state index is 0. The average molecular weight is 480 g/mol. The molecule has 9 heteroatoms. The van der Waals surface area contributed by atoms with E-state index >= 15 is 0 Å². The molecule has 2 aromatic rings. The highest BCUT2D eigenvalue weighted by atomic mass is 79.9. The van der Waals surface area contributed by atoms with Crippen LogP contribution in [0.15, 0.2) is 40.2 Å². The maximum Gasteiger partial charge on any atom is 0.414 e. The van der Waals surface area contributed by atoms with Gasteiger partial charge in [0.05, 0.1) is 21.8 Å². The fourth-order valence-corrected chi connectivity index (χ4v) is 4.60. The van der Waals surface area contributed by atoms with Crippen LogP contribution < -0.4 is 15.1 Å². The minimum atomic E-state index is -0.442. The number of nitrogens with one attached hydrogen (secondary N) is 1. The Balaban J connectivity index is 0.00000240. The van der Waals surface area contributed by atoms with Crippen molar-refractivity contribution in [3.8, 4) is 0 Å². The number of carbonyl (C=O) groups excluding carboxylic acids is 3. The van der Waals surface area contributed by atoms with Gasteiger partial charge in [0.2, 0.25) is 5.91 Å². The van der Waals surface area contributed by atoms with Crippen LogP contribution in [-0.2, 0) is 9.53 Å². The van der Waals surface area contributed by atoms with Crippen LogP contribution >= 0.6 is 27.3 Å². The van der Waals surface area contributed by atoms with Crippen LogP contribution in [0.25, 0.3) is 0 Å². The normalized spacial score (nSPS) is 18.6. The summed E-state index contributed by atoms with van der Waals surface area (Å²) in [6.45, 7) is 1.33. The predicted octanol–water partition coefficient (Wildman–Crippen LogP) is 4.03. The van der Waals surface area contributed by atoms with Crippen LogP contribution in [0.5, 0.6) is 0 Å². The van der Waals surface area contributed by atoms with Crippen molar-refractivity contribution >= 4 is 56.5 Å². The second-order valence-corrected chi connectivity index (χ2v) is 9.06. The second-order valence-electron chi connectivity index (χ2n) is 6.60. The summed E-state index contributed by atoms with van der Waals surface area (Å²) in [5.41, 5.74) is 1.54. The van der Waals surface area contributed by atoms with Gasteiger partial charge in [-0.1, -0.05) is 7.43 Å². The number of nitrogens with zero attached hydrogens (tertiary/aromatic N) is 2. The van der Waals surface area contributed by atoms with E-state index in [2.05, 4.69) is 21.2 Å². The van der Waals surface area contributed by atoms with Crippen LogP contribution in [-0.4, -0.2) is 43.6 Å². The molecular weight excluding hydrogens is 458 g/mol. The number of hydrogen-bond acceptors (Lipinski definition) is 5. The molecule has 0 radical (unpaired) electrons. The van der Waals surface area contributed by atoms with Crippen molar-refractivity contribution in [1.29, 1.82) is 0 Å². The van der Waals surface area contributed by atoms with Crippen LogP contribution in [0, 0.1) is 0 Å². The monoisotopic (exact) mass is 479 g/mol. The van der Waals surface area contributed by atoms with Crippen molar-refractivity contribution in [1.82, 2.24) is 5.32 Å². The van der Waals surface area contributed by atoms with Crippen LogP contribution in [0.4, 0.5) is 16.2 Å². The van der Waals surface area contributed by atoms with Crippen LogP contribution in [0.3, 0.4) is 0 Å². The summed E-state index contributed by atoms with van der Waals surface area (Å²) in [5.74, 6) is -0.0632. The first kappa shape index (κ1) is 21.3. The molecule has 29 heavy (non-hydrogen) atoms. The highest BCUT2D eigenvalue weighted by Gasteiger charge is 2.33. The molecular formula is C20H22BrN3O4S. The van der Waals surface area contributed by atoms with Gasteiger partial charge in [-0.2, -0.15) is 0 Å². The standard InChI is InChI=1S/C19H18BrN3O4S.CH4/c20-16-8-7-15(28-16)18(25)21-10-14-11-23(19(26)27-14)13-5-3-12(4-6-13)22-9-1-2-17(22)24;/h3-8,14H,1-2,9-11H2,(H,21,25);1H4/t14-;/m0./s1. The van der Waals surface area contributed by atoms with Gasteiger partial charge in [-0.15, -0.1) is 11.3 Å². The molecule has 1 aromatic heterocycles. The van der Waals surface area contributed by atoms with E-state index in [1.807, 2.05) is 30.3 Å². The van der Waals surface area contributed by atoms with Crippen LogP contribution in [0.2, 0.25) is 0 Å². The fraction of sp³-hybridized carbons (Fsp3) is 0.350. The molecule has 1 atom stereocenters. The molecule has 1 aromatic carbocycles. The highest BCUT2D eigenvalue weighted by molar-refractivity contribution is 9.11. The maximum atomic E-state index is 12.2. The Morgan fingerprint density at radius 2 is 1.83 bits per heavy atom. The molecule has 2 aliphatic heterocycles. The summed E-state index contributed by atoms with van der Waals surface area (Å²) >= 11 is 4.68. The number of carbonyl (C=O) groups is 3. The number of thiophene rings is 1. The van der Waals surface area contributed by atoms with Gasteiger partial charge in [-0.05, 0) is 58.7 Å². The molecule has 7 nitrogen and oxygen atoms in total.